The highest BCUT2D eigenvalue weighted by molar-refractivity contribution is 6.07. The van der Waals surface area contributed by atoms with Crippen LogP contribution < -0.4 is 20.7 Å². The van der Waals surface area contributed by atoms with Crippen LogP contribution in [0.25, 0.3) is 0 Å². The van der Waals surface area contributed by atoms with E-state index in [1.807, 2.05) is 49.2 Å². The second-order valence-electron chi connectivity index (χ2n) is 6.22. The van der Waals surface area contributed by atoms with Gasteiger partial charge in [-0.15, -0.1) is 0 Å². The predicted octanol–water partition coefficient (Wildman–Crippen LogP) is 3.35. The Morgan fingerprint density at radius 2 is 1.86 bits per heavy atom. The third-order valence-corrected chi connectivity index (χ3v) is 4.08. The number of nitrogen functional groups attached to an aromatic ring is 1. The molecule has 0 unspecified atom stereocenters. The molecule has 0 radical (unpaired) electrons. The van der Waals surface area contributed by atoms with Crippen LogP contribution in [0, 0.1) is 0 Å². The van der Waals surface area contributed by atoms with Crippen molar-refractivity contribution in [2.24, 2.45) is 0 Å². The molecule has 0 aliphatic heterocycles. The Morgan fingerprint density at radius 1 is 1.14 bits per heavy atom. The smallest absolute Gasteiger partial charge is 0.260 e. The summed E-state index contributed by atoms with van der Waals surface area (Å²) in [4.78, 5) is 22.9. The predicted molar refractivity (Wildman–Crippen MR) is 111 cm³/mol. The first-order valence-corrected chi connectivity index (χ1v) is 8.98. The molecule has 2 aromatic carbocycles. The maximum absolute atomic E-state index is 12.5. The highest BCUT2D eigenvalue weighted by Gasteiger charge is 2.15. The van der Waals surface area contributed by atoms with Gasteiger partial charge < -0.3 is 20.7 Å². The lowest BCUT2D eigenvalue weighted by Gasteiger charge is -2.18. The van der Waals surface area contributed by atoms with Crippen LogP contribution in [0.4, 0.5) is 17.5 Å². The normalized spacial score (nSPS) is 10.4. The molecule has 3 rings (SSSR count). The summed E-state index contributed by atoms with van der Waals surface area (Å²) < 4.78 is 5.39. The Morgan fingerprint density at radius 3 is 2.50 bits per heavy atom. The first-order chi connectivity index (χ1) is 13.6. The Kier molecular flexibility index (Phi) is 6.06. The molecule has 28 heavy (non-hydrogen) atoms. The lowest BCUT2D eigenvalue weighted by atomic mass is 10.2. The SMILES string of the molecule is CCOc1ccc(NC(=O)c2cnc(N(C)Cc3ccccc3)nc2N)cc1. The van der Waals surface area contributed by atoms with Gasteiger partial charge in [0.05, 0.1) is 6.61 Å². The molecule has 0 spiro atoms. The summed E-state index contributed by atoms with van der Waals surface area (Å²) in [5.74, 6) is 0.973. The summed E-state index contributed by atoms with van der Waals surface area (Å²) in [5, 5.41) is 2.79. The van der Waals surface area contributed by atoms with Crippen LogP contribution in [0.1, 0.15) is 22.8 Å². The molecule has 1 aromatic heterocycles. The van der Waals surface area contributed by atoms with Crippen molar-refractivity contribution in [1.29, 1.82) is 0 Å². The van der Waals surface area contributed by atoms with Gasteiger partial charge >= 0.3 is 0 Å². The molecule has 144 valence electrons. The molecule has 0 atom stereocenters. The molecule has 0 bridgehead atoms. The second kappa shape index (κ2) is 8.85. The quantitative estimate of drug-likeness (QED) is 0.656. The number of nitrogens with zero attached hydrogens (tertiary/aromatic N) is 3. The van der Waals surface area contributed by atoms with Crippen LogP contribution in [0.2, 0.25) is 0 Å². The molecule has 1 amide bonds. The van der Waals surface area contributed by atoms with E-state index in [0.717, 1.165) is 11.3 Å². The van der Waals surface area contributed by atoms with Crippen LogP contribution in [-0.4, -0.2) is 29.5 Å². The van der Waals surface area contributed by atoms with E-state index in [1.165, 1.54) is 6.20 Å². The largest absolute Gasteiger partial charge is 0.494 e. The van der Waals surface area contributed by atoms with Crippen LogP contribution >= 0.6 is 0 Å². The van der Waals surface area contributed by atoms with Crippen molar-refractivity contribution in [3.63, 3.8) is 0 Å². The topological polar surface area (TPSA) is 93.4 Å². The molecule has 0 aliphatic rings. The van der Waals surface area contributed by atoms with Gasteiger partial charge in [-0.2, -0.15) is 4.98 Å². The molecular formula is C21H23N5O2. The third-order valence-electron chi connectivity index (χ3n) is 4.08. The van der Waals surface area contributed by atoms with Gasteiger partial charge in [0, 0.05) is 25.5 Å². The molecule has 0 fully saturated rings. The number of hydrogen-bond acceptors (Lipinski definition) is 6. The summed E-state index contributed by atoms with van der Waals surface area (Å²) in [7, 11) is 1.88. The average Bonchev–Trinajstić information content (AvgIpc) is 2.70. The number of rotatable bonds is 7. The van der Waals surface area contributed by atoms with Crippen molar-refractivity contribution in [1.82, 2.24) is 9.97 Å². The van der Waals surface area contributed by atoms with Gasteiger partial charge in [-0.25, -0.2) is 4.98 Å². The van der Waals surface area contributed by atoms with E-state index < -0.39 is 0 Å². The van der Waals surface area contributed by atoms with E-state index in [4.69, 9.17) is 10.5 Å². The molecular weight excluding hydrogens is 354 g/mol. The Hall–Kier alpha value is -3.61. The minimum absolute atomic E-state index is 0.133. The van der Waals surface area contributed by atoms with Gasteiger partial charge in [-0.1, -0.05) is 30.3 Å². The fourth-order valence-electron chi connectivity index (χ4n) is 2.67. The molecule has 7 heteroatoms. The van der Waals surface area contributed by atoms with E-state index in [-0.39, 0.29) is 17.3 Å². The number of aromatic nitrogens is 2. The lowest BCUT2D eigenvalue weighted by Crippen LogP contribution is -2.21. The fourth-order valence-corrected chi connectivity index (χ4v) is 2.67. The average molecular weight is 377 g/mol. The first kappa shape index (κ1) is 19.2. The van der Waals surface area contributed by atoms with Crippen LogP contribution in [-0.2, 0) is 6.54 Å². The van der Waals surface area contributed by atoms with E-state index in [2.05, 4.69) is 15.3 Å². The maximum atomic E-state index is 12.5. The minimum atomic E-state index is -0.362. The maximum Gasteiger partial charge on any atom is 0.260 e. The highest BCUT2D eigenvalue weighted by Crippen LogP contribution is 2.19. The van der Waals surface area contributed by atoms with E-state index in [1.54, 1.807) is 24.3 Å². The number of benzene rings is 2. The van der Waals surface area contributed by atoms with Gasteiger partial charge in [0.25, 0.3) is 5.91 Å². The number of ether oxygens (including phenoxy) is 1. The lowest BCUT2D eigenvalue weighted by molar-refractivity contribution is 0.102. The minimum Gasteiger partial charge on any atom is -0.494 e. The van der Waals surface area contributed by atoms with Gasteiger partial charge in [0.15, 0.2) is 0 Å². The van der Waals surface area contributed by atoms with Crippen LogP contribution in [0.5, 0.6) is 5.75 Å². The molecule has 7 nitrogen and oxygen atoms in total. The zero-order valence-corrected chi connectivity index (χ0v) is 15.9. The third kappa shape index (κ3) is 4.76. The van der Waals surface area contributed by atoms with Crippen molar-refractivity contribution in [2.75, 3.05) is 29.6 Å². The number of amides is 1. The van der Waals surface area contributed by atoms with Crippen molar-refractivity contribution in [3.8, 4) is 5.75 Å². The summed E-state index contributed by atoms with van der Waals surface area (Å²) >= 11 is 0. The fraction of sp³-hybridized carbons (Fsp3) is 0.190. The number of nitrogens with two attached hydrogens (primary N) is 1. The Labute approximate surface area is 164 Å². The molecule has 1 heterocycles. The van der Waals surface area contributed by atoms with E-state index >= 15 is 0 Å². The summed E-state index contributed by atoms with van der Waals surface area (Å²) in [6.07, 6.45) is 1.45. The van der Waals surface area contributed by atoms with Crippen LogP contribution in [0.15, 0.2) is 60.8 Å². The molecule has 0 saturated heterocycles. The van der Waals surface area contributed by atoms with Gasteiger partial charge in [0.1, 0.15) is 17.1 Å². The monoisotopic (exact) mass is 377 g/mol. The molecule has 3 N–H and O–H groups in total. The summed E-state index contributed by atoms with van der Waals surface area (Å²) in [6.45, 7) is 3.14. The molecule has 3 aromatic rings. The summed E-state index contributed by atoms with van der Waals surface area (Å²) in [6, 6.07) is 17.1. The molecule has 0 saturated carbocycles. The van der Waals surface area contributed by atoms with Gasteiger partial charge in [0.2, 0.25) is 5.95 Å². The van der Waals surface area contributed by atoms with Crippen molar-refractivity contribution in [3.05, 3.63) is 71.9 Å². The van der Waals surface area contributed by atoms with E-state index in [0.29, 0.717) is 24.8 Å². The van der Waals surface area contributed by atoms with Gasteiger partial charge in [-0.05, 0) is 36.8 Å². The highest BCUT2D eigenvalue weighted by atomic mass is 16.5. The van der Waals surface area contributed by atoms with Crippen LogP contribution in [0.3, 0.4) is 0 Å². The van der Waals surface area contributed by atoms with Crippen molar-refractivity contribution in [2.45, 2.75) is 13.5 Å². The van der Waals surface area contributed by atoms with Crippen molar-refractivity contribution >= 4 is 23.4 Å². The van der Waals surface area contributed by atoms with Crippen molar-refractivity contribution < 1.29 is 9.53 Å². The standard InChI is InChI=1S/C21H23N5O2/c1-3-28-17-11-9-16(10-12-17)24-20(27)18-13-23-21(25-19(18)22)26(2)14-15-7-5-4-6-8-15/h4-13H,3,14H2,1-2H3,(H,24,27)(H2,22,23,25). The number of anilines is 3. The zero-order chi connectivity index (χ0) is 19.9. The Bertz CT molecular complexity index is 929. The number of hydrogen-bond donors (Lipinski definition) is 2. The zero-order valence-electron chi connectivity index (χ0n) is 15.9. The number of carbonyl (C=O) groups is 1. The number of nitrogens with one attached hydrogen (secondary N) is 1. The number of carbonyl (C=O) groups excluding carboxylic acids is 1. The first-order valence-electron chi connectivity index (χ1n) is 8.98. The van der Waals surface area contributed by atoms with E-state index in [9.17, 15) is 4.79 Å². The molecule has 0 aliphatic carbocycles. The van der Waals surface area contributed by atoms with Gasteiger partial charge in [-0.3, -0.25) is 4.79 Å². The summed E-state index contributed by atoms with van der Waals surface area (Å²) in [5.41, 5.74) is 8.01. The second-order valence-corrected chi connectivity index (χ2v) is 6.22. The Balaban J connectivity index is 1.68.